The van der Waals surface area contributed by atoms with Gasteiger partial charge in [0.05, 0.1) is 10.5 Å². The minimum Gasteiger partial charge on any atom is -0.623 e. The molecule has 0 heterocycles. The Hall–Kier alpha value is -1.49. The third-order valence-electron chi connectivity index (χ3n) is 3.28. The van der Waals surface area contributed by atoms with Crippen LogP contribution in [0.15, 0.2) is 28.0 Å². The second kappa shape index (κ2) is 5.95. The van der Waals surface area contributed by atoms with Crippen molar-refractivity contribution < 1.29 is 30.7 Å². The summed E-state index contributed by atoms with van der Waals surface area (Å²) in [7, 11) is -9.43. The molecule has 2 N–H and O–H groups in total. The summed E-state index contributed by atoms with van der Waals surface area (Å²) < 4.78 is 63.5. The Labute approximate surface area is 129 Å². The van der Waals surface area contributed by atoms with Crippen molar-refractivity contribution in [3.63, 3.8) is 0 Å². The molecule has 0 aliphatic heterocycles. The molecule has 1 rings (SSSR count). The van der Waals surface area contributed by atoms with Gasteiger partial charge < -0.3 is 5.21 Å². The zero-order chi connectivity index (χ0) is 17.3. The van der Waals surface area contributed by atoms with Crippen LogP contribution in [0, 0.1) is 5.21 Å². The molecule has 0 fully saturated rings. The lowest BCUT2D eigenvalue weighted by Gasteiger charge is -2.22. The van der Waals surface area contributed by atoms with Gasteiger partial charge in [-0.3, -0.25) is 9.11 Å². The molecule has 1 aromatic carbocycles. The van der Waals surface area contributed by atoms with Crippen LogP contribution in [-0.4, -0.2) is 42.4 Å². The smallest absolute Gasteiger partial charge is 0.295 e. The Bertz CT molecular complexity index is 808. The minimum absolute atomic E-state index is 0.188. The third kappa shape index (κ3) is 4.26. The molecule has 0 spiro atoms. The van der Waals surface area contributed by atoms with Gasteiger partial charge in [0.15, 0.2) is 11.8 Å². The van der Waals surface area contributed by atoms with Crippen molar-refractivity contribution in [2.75, 3.05) is 0 Å². The highest BCUT2D eigenvalue weighted by Crippen LogP contribution is 2.20. The zero-order valence-electron chi connectivity index (χ0n) is 12.2. The highest BCUT2D eigenvalue weighted by molar-refractivity contribution is 7.86. The van der Waals surface area contributed by atoms with Gasteiger partial charge in [-0.2, -0.15) is 16.8 Å². The number of hydroxylamine groups is 1. The van der Waals surface area contributed by atoms with Crippen LogP contribution in [0.5, 0.6) is 0 Å². The molecule has 10 heteroatoms. The SMILES string of the molecule is CCC(C)(C)[N+]([O-])=Cc1ccc(S(=O)(=O)O)cc1S(=O)(=O)O. The summed E-state index contributed by atoms with van der Waals surface area (Å²) in [6.45, 7) is 5.04. The quantitative estimate of drug-likeness (QED) is 0.268. The predicted octanol–water partition coefficient (Wildman–Crippen LogP) is 1.30. The standard InChI is InChI=1S/C12H17NO7S2/c1-4-12(2,3)13(14)8-9-5-6-10(21(15,16)17)7-11(9)22(18,19)20/h5-8H,4H2,1-3H3,(H,15,16,17)(H,18,19,20). The number of rotatable bonds is 5. The zero-order valence-corrected chi connectivity index (χ0v) is 13.8. The average molecular weight is 351 g/mol. The average Bonchev–Trinajstić information content (AvgIpc) is 2.36. The van der Waals surface area contributed by atoms with Gasteiger partial charge in [0.2, 0.25) is 0 Å². The fourth-order valence-corrected chi connectivity index (χ4v) is 2.74. The molecule has 1 aromatic rings. The normalized spacial score (nSPS) is 14.1. The summed E-state index contributed by atoms with van der Waals surface area (Å²) in [5, 5.41) is 12.0. The van der Waals surface area contributed by atoms with Crippen molar-refractivity contribution in [3.05, 3.63) is 29.0 Å². The first-order valence-corrected chi connectivity index (χ1v) is 9.07. The van der Waals surface area contributed by atoms with Crippen molar-refractivity contribution >= 4 is 26.5 Å². The second-order valence-electron chi connectivity index (χ2n) is 5.27. The molecule has 0 atom stereocenters. The highest BCUT2D eigenvalue weighted by Gasteiger charge is 2.26. The molecule has 0 amide bonds. The van der Waals surface area contributed by atoms with Crippen LogP contribution in [0.4, 0.5) is 0 Å². The molecule has 0 unspecified atom stereocenters. The first-order valence-electron chi connectivity index (χ1n) is 6.19. The van der Waals surface area contributed by atoms with Gasteiger partial charge in [-0.15, -0.1) is 0 Å². The van der Waals surface area contributed by atoms with Crippen LogP contribution < -0.4 is 0 Å². The van der Waals surface area contributed by atoms with Crippen LogP contribution in [0.25, 0.3) is 0 Å². The van der Waals surface area contributed by atoms with Crippen LogP contribution in [0.2, 0.25) is 0 Å². The summed E-state index contributed by atoms with van der Waals surface area (Å²) >= 11 is 0. The minimum atomic E-state index is -4.79. The van der Waals surface area contributed by atoms with Crippen LogP contribution >= 0.6 is 0 Å². The molecule has 0 aliphatic carbocycles. The number of hydrogen-bond acceptors (Lipinski definition) is 5. The van der Waals surface area contributed by atoms with Gasteiger partial charge in [0.25, 0.3) is 20.2 Å². The monoisotopic (exact) mass is 351 g/mol. The van der Waals surface area contributed by atoms with Crippen molar-refractivity contribution in [2.45, 2.75) is 42.5 Å². The number of hydrogen-bond donors (Lipinski definition) is 2. The maximum atomic E-state index is 12.0. The van der Waals surface area contributed by atoms with Gasteiger partial charge >= 0.3 is 0 Å². The Morgan fingerprint density at radius 3 is 2.14 bits per heavy atom. The van der Waals surface area contributed by atoms with E-state index in [0.717, 1.165) is 18.3 Å². The van der Waals surface area contributed by atoms with E-state index in [1.807, 2.05) is 0 Å². The maximum Gasteiger partial charge on any atom is 0.295 e. The van der Waals surface area contributed by atoms with Gasteiger partial charge in [0.1, 0.15) is 4.90 Å². The molecule has 0 saturated heterocycles. The molecule has 0 aliphatic rings. The Kier molecular flexibility index (Phi) is 5.02. The van der Waals surface area contributed by atoms with Gasteiger partial charge in [-0.25, -0.2) is 4.74 Å². The Balaban J connectivity index is 3.61. The fourth-order valence-electron chi connectivity index (χ4n) is 1.46. The molecule has 0 radical (unpaired) electrons. The molecule has 8 nitrogen and oxygen atoms in total. The van der Waals surface area contributed by atoms with Crippen LogP contribution in [-0.2, 0) is 20.2 Å². The third-order valence-corrected chi connectivity index (χ3v) is 5.04. The summed E-state index contributed by atoms with van der Waals surface area (Å²) in [4.78, 5) is -1.49. The van der Waals surface area contributed by atoms with Gasteiger partial charge in [-0.1, -0.05) is 6.92 Å². The lowest BCUT2D eigenvalue weighted by atomic mass is 10.0. The van der Waals surface area contributed by atoms with E-state index in [0.29, 0.717) is 17.2 Å². The Morgan fingerprint density at radius 1 is 1.18 bits per heavy atom. The van der Waals surface area contributed by atoms with E-state index in [1.165, 1.54) is 0 Å². The van der Waals surface area contributed by atoms with E-state index in [4.69, 9.17) is 4.55 Å². The van der Waals surface area contributed by atoms with Crippen LogP contribution in [0.1, 0.15) is 32.8 Å². The number of benzene rings is 1. The number of nitrogens with zero attached hydrogens (tertiary/aromatic N) is 1. The summed E-state index contributed by atoms with van der Waals surface area (Å²) in [6.07, 6.45) is 1.41. The van der Waals surface area contributed by atoms with Gasteiger partial charge in [0, 0.05) is 20.3 Å². The highest BCUT2D eigenvalue weighted by atomic mass is 32.2. The Morgan fingerprint density at radius 2 is 1.73 bits per heavy atom. The van der Waals surface area contributed by atoms with E-state index in [1.54, 1.807) is 20.8 Å². The fraction of sp³-hybridized carbons (Fsp3) is 0.417. The summed E-state index contributed by atoms with van der Waals surface area (Å²) in [6, 6.07) is 2.54. The predicted molar refractivity (Wildman–Crippen MR) is 79.2 cm³/mol. The first kappa shape index (κ1) is 18.6. The van der Waals surface area contributed by atoms with E-state index in [2.05, 4.69) is 0 Å². The molecule has 124 valence electrons. The molecule has 0 saturated carbocycles. The van der Waals surface area contributed by atoms with Crippen molar-refractivity contribution in [1.29, 1.82) is 0 Å². The lowest BCUT2D eigenvalue weighted by molar-refractivity contribution is -0.536. The molecule has 0 bridgehead atoms. The van der Waals surface area contributed by atoms with E-state index < -0.39 is 35.6 Å². The van der Waals surface area contributed by atoms with E-state index >= 15 is 0 Å². The van der Waals surface area contributed by atoms with Crippen molar-refractivity contribution in [3.8, 4) is 0 Å². The van der Waals surface area contributed by atoms with Crippen molar-refractivity contribution in [1.82, 2.24) is 0 Å². The van der Waals surface area contributed by atoms with Crippen LogP contribution in [0.3, 0.4) is 0 Å². The van der Waals surface area contributed by atoms with E-state index in [9.17, 15) is 26.6 Å². The largest absolute Gasteiger partial charge is 0.623 e. The summed E-state index contributed by atoms with van der Waals surface area (Å²) in [5.74, 6) is 0. The lowest BCUT2D eigenvalue weighted by Crippen LogP contribution is -2.32. The summed E-state index contributed by atoms with van der Waals surface area (Å²) in [5.41, 5.74) is -1.01. The second-order valence-corrected chi connectivity index (χ2v) is 8.08. The molecular formula is C12H17NO7S2. The van der Waals surface area contributed by atoms with E-state index in [-0.39, 0.29) is 5.56 Å². The molecule has 0 aromatic heterocycles. The first-order chi connectivity index (χ1) is 9.79. The van der Waals surface area contributed by atoms with Crippen molar-refractivity contribution in [2.24, 2.45) is 0 Å². The van der Waals surface area contributed by atoms with Gasteiger partial charge in [-0.05, 0) is 18.2 Å². The molecule has 22 heavy (non-hydrogen) atoms. The maximum absolute atomic E-state index is 12.0. The molecular weight excluding hydrogens is 334 g/mol. The topological polar surface area (TPSA) is 135 Å².